The van der Waals surface area contributed by atoms with Crippen LogP contribution < -0.4 is 16.6 Å². The number of carbonyl (C=O) groups is 1. The van der Waals surface area contributed by atoms with E-state index in [0.29, 0.717) is 17.1 Å². The molecule has 0 atom stereocenters. The average Bonchev–Trinajstić information content (AvgIpc) is 3.22. The number of rotatable bonds is 4. The zero-order chi connectivity index (χ0) is 25.7. The van der Waals surface area contributed by atoms with Crippen LogP contribution in [0.3, 0.4) is 0 Å². The molecule has 2 heterocycles. The monoisotopic (exact) mass is 510 g/mol. The molecule has 0 bridgehead atoms. The fourth-order valence-corrected chi connectivity index (χ4v) is 4.42. The Morgan fingerprint density at radius 1 is 1.11 bits per heavy atom. The predicted octanol–water partition coefficient (Wildman–Crippen LogP) is 3.84. The molecule has 0 saturated carbocycles. The highest BCUT2D eigenvalue weighted by molar-refractivity contribution is 7.14. The predicted molar refractivity (Wildman–Crippen MR) is 119 cm³/mol. The molecule has 0 aliphatic rings. The number of hydrogen-bond acceptors (Lipinski definition) is 5. The molecular formula is C22H15F5N4O3S. The number of halogens is 5. The lowest BCUT2D eigenvalue weighted by Gasteiger charge is -2.12. The summed E-state index contributed by atoms with van der Waals surface area (Å²) in [5.41, 5.74) is -3.32. The van der Waals surface area contributed by atoms with Crippen LogP contribution in [0.25, 0.3) is 22.2 Å². The summed E-state index contributed by atoms with van der Waals surface area (Å²) in [6.45, 7) is 0. The summed E-state index contributed by atoms with van der Waals surface area (Å²) in [5, 5.41) is 3.60. The van der Waals surface area contributed by atoms with Gasteiger partial charge in [0, 0.05) is 31.1 Å². The molecule has 35 heavy (non-hydrogen) atoms. The molecule has 1 N–H and O–H groups in total. The minimum atomic E-state index is -5.10. The molecular weight excluding hydrogens is 495 g/mol. The maximum absolute atomic E-state index is 13.9. The van der Waals surface area contributed by atoms with Crippen molar-refractivity contribution in [2.75, 3.05) is 5.32 Å². The summed E-state index contributed by atoms with van der Waals surface area (Å²) in [6.07, 6.45) is -5.40. The second-order valence-electron chi connectivity index (χ2n) is 7.59. The van der Waals surface area contributed by atoms with Gasteiger partial charge < -0.3 is 5.32 Å². The number of hydrogen-bond donors (Lipinski definition) is 1. The molecule has 0 saturated heterocycles. The van der Waals surface area contributed by atoms with Crippen LogP contribution in [0.2, 0.25) is 0 Å². The van der Waals surface area contributed by atoms with Crippen LogP contribution in [0.1, 0.15) is 11.1 Å². The molecule has 0 unspecified atom stereocenters. The van der Waals surface area contributed by atoms with Crippen molar-refractivity contribution in [1.82, 2.24) is 14.1 Å². The van der Waals surface area contributed by atoms with Crippen LogP contribution in [0.15, 0.2) is 45.3 Å². The van der Waals surface area contributed by atoms with Crippen molar-refractivity contribution in [1.29, 1.82) is 0 Å². The van der Waals surface area contributed by atoms with Gasteiger partial charge in [-0.2, -0.15) is 13.2 Å². The topological polar surface area (TPSA) is 86.0 Å². The number of alkyl halides is 3. The van der Waals surface area contributed by atoms with Gasteiger partial charge >= 0.3 is 11.9 Å². The van der Waals surface area contributed by atoms with Gasteiger partial charge in [0.25, 0.3) is 5.56 Å². The highest BCUT2D eigenvalue weighted by Crippen LogP contribution is 2.40. The van der Waals surface area contributed by atoms with Gasteiger partial charge in [-0.15, -0.1) is 11.3 Å². The molecule has 4 rings (SSSR count). The SMILES string of the molecule is Cn1c(=O)c2c(CC(=O)Nc3nc(-c4cc(F)cc(F)c4C(F)(F)F)cs3)cccc2n(C)c1=O. The molecule has 13 heteroatoms. The number of nitrogens with one attached hydrogen (secondary N) is 1. The Morgan fingerprint density at radius 3 is 2.51 bits per heavy atom. The lowest BCUT2D eigenvalue weighted by molar-refractivity contribution is -0.139. The van der Waals surface area contributed by atoms with E-state index in [2.05, 4.69) is 10.3 Å². The van der Waals surface area contributed by atoms with Crippen molar-refractivity contribution < 1.29 is 26.7 Å². The summed E-state index contributed by atoms with van der Waals surface area (Å²) in [7, 11) is 2.79. The molecule has 1 amide bonds. The summed E-state index contributed by atoms with van der Waals surface area (Å²) >= 11 is 0.761. The number of aromatic nitrogens is 3. The van der Waals surface area contributed by atoms with Crippen LogP contribution in [-0.4, -0.2) is 20.0 Å². The number of anilines is 1. The highest BCUT2D eigenvalue weighted by Gasteiger charge is 2.38. The normalized spacial score (nSPS) is 11.7. The highest BCUT2D eigenvalue weighted by atomic mass is 32.1. The van der Waals surface area contributed by atoms with Gasteiger partial charge in [-0.25, -0.2) is 18.6 Å². The lowest BCUT2D eigenvalue weighted by atomic mass is 10.0. The Morgan fingerprint density at radius 2 is 1.83 bits per heavy atom. The summed E-state index contributed by atoms with van der Waals surface area (Å²) < 4.78 is 69.7. The third-order valence-electron chi connectivity index (χ3n) is 5.30. The van der Waals surface area contributed by atoms with Crippen LogP contribution in [0, 0.1) is 11.6 Å². The van der Waals surface area contributed by atoms with Crippen molar-refractivity contribution in [3.63, 3.8) is 0 Å². The first-order chi connectivity index (χ1) is 16.4. The zero-order valence-electron chi connectivity index (χ0n) is 18.0. The molecule has 7 nitrogen and oxygen atoms in total. The van der Waals surface area contributed by atoms with Gasteiger partial charge in [0.05, 0.1) is 23.0 Å². The van der Waals surface area contributed by atoms with Gasteiger partial charge in [0.1, 0.15) is 17.2 Å². The van der Waals surface area contributed by atoms with Crippen LogP contribution in [-0.2, 0) is 31.5 Å². The third kappa shape index (κ3) is 4.46. The Hall–Kier alpha value is -3.87. The number of fused-ring (bicyclic) bond motifs is 1. The third-order valence-corrected chi connectivity index (χ3v) is 6.06. The van der Waals surface area contributed by atoms with E-state index >= 15 is 0 Å². The van der Waals surface area contributed by atoms with Crippen LogP contribution in [0.4, 0.5) is 27.1 Å². The van der Waals surface area contributed by atoms with Crippen molar-refractivity contribution in [2.45, 2.75) is 12.6 Å². The molecule has 2 aromatic heterocycles. The fraction of sp³-hybridized carbons (Fsp3) is 0.182. The van der Waals surface area contributed by atoms with E-state index < -0.39 is 46.1 Å². The summed E-state index contributed by atoms with van der Waals surface area (Å²) in [4.78, 5) is 41.3. The van der Waals surface area contributed by atoms with E-state index in [-0.39, 0.29) is 28.7 Å². The summed E-state index contributed by atoms with van der Waals surface area (Å²) in [5.74, 6) is -3.63. The number of carbonyl (C=O) groups excluding carboxylic acids is 1. The van der Waals surface area contributed by atoms with Gasteiger partial charge in [-0.1, -0.05) is 12.1 Å². The van der Waals surface area contributed by atoms with Crippen molar-refractivity contribution in [3.05, 3.63) is 79.3 Å². The smallest absolute Gasteiger partial charge is 0.302 e. The van der Waals surface area contributed by atoms with Crippen LogP contribution in [0.5, 0.6) is 0 Å². The van der Waals surface area contributed by atoms with Crippen molar-refractivity contribution >= 4 is 33.3 Å². The second-order valence-corrected chi connectivity index (χ2v) is 8.45. The number of nitrogens with zero attached hydrogens (tertiary/aromatic N) is 3. The van der Waals surface area contributed by atoms with E-state index in [4.69, 9.17) is 0 Å². The van der Waals surface area contributed by atoms with Gasteiger partial charge in [-0.05, 0) is 17.7 Å². The van der Waals surface area contributed by atoms with Crippen LogP contribution >= 0.6 is 11.3 Å². The molecule has 0 aliphatic carbocycles. The minimum Gasteiger partial charge on any atom is -0.302 e. The Balaban J connectivity index is 1.65. The molecule has 182 valence electrons. The fourth-order valence-electron chi connectivity index (χ4n) is 3.70. The second kappa shape index (κ2) is 8.73. The number of aryl methyl sites for hydroxylation is 1. The number of thiazole rings is 1. The van der Waals surface area contributed by atoms with Gasteiger partial charge in [0.15, 0.2) is 5.13 Å². The quantitative estimate of drug-likeness (QED) is 0.423. The number of benzene rings is 2. The van der Waals surface area contributed by atoms with Crippen molar-refractivity contribution in [3.8, 4) is 11.3 Å². The van der Waals surface area contributed by atoms with Gasteiger partial charge in [0.2, 0.25) is 5.91 Å². The van der Waals surface area contributed by atoms with E-state index in [1.54, 1.807) is 12.1 Å². The lowest BCUT2D eigenvalue weighted by Crippen LogP contribution is -2.37. The Kier molecular flexibility index (Phi) is 6.05. The van der Waals surface area contributed by atoms with E-state index in [0.717, 1.165) is 21.3 Å². The molecule has 0 spiro atoms. The molecule has 2 aromatic carbocycles. The standard InChI is InChI=1S/C22H15F5N4O3S/c1-30-15-5-3-4-10(17(15)19(33)31(2)21(30)34)6-16(32)29-20-28-14(9-35-20)12-7-11(23)8-13(24)18(12)22(25,26)27/h3-5,7-9H,6H2,1-2H3,(H,28,29,32). The van der Waals surface area contributed by atoms with E-state index in [1.165, 1.54) is 24.7 Å². The zero-order valence-corrected chi connectivity index (χ0v) is 18.9. The maximum Gasteiger partial charge on any atom is 0.419 e. The maximum atomic E-state index is 13.9. The number of amides is 1. The average molecular weight is 510 g/mol. The molecule has 0 aliphatic heterocycles. The Bertz CT molecular complexity index is 1600. The first-order valence-electron chi connectivity index (χ1n) is 9.88. The minimum absolute atomic E-state index is 0.108. The Labute approximate surface area is 197 Å². The van der Waals surface area contributed by atoms with Gasteiger partial charge in [-0.3, -0.25) is 18.7 Å². The van der Waals surface area contributed by atoms with E-state index in [1.807, 2.05) is 0 Å². The molecule has 4 aromatic rings. The molecule has 0 fully saturated rings. The largest absolute Gasteiger partial charge is 0.419 e. The van der Waals surface area contributed by atoms with E-state index in [9.17, 15) is 36.3 Å². The van der Waals surface area contributed by atoms with Crippen molar-refractivity contribution in [2.24, 2.45) is 14.1 Å². The summed E-state index contributed by atoms with van der Waals surface area (Å²) in [6, 6.07) is 5.31. The first kappa shape index (κ1) is 24.3. The molecule has 0 radical (unpaired) electrons. The first-order valence-corrected chi connectivity index (χ1v) is 10.8.